The third-order valence-corrected chi connectivity index (χ3v) is 6.47. The maximum absolute atomic E-state index is 12.5. The maximum Gasteiger partial charge on any atom is 0.269 e. The molecule has 156 valence electrons. The van der Waals surface area contributed by atoms with Crippen molar-refractivity contribution in [3.8, 4) is 11.8 Å². The first-order chi connectivity index (χ1) is 13.6. The minimum absolute atomic E-state index is 0.0372. The first kappa shape index (κ1) is 22.6. The molecule has 2 rings (SSSR count). The number of rotatable bonds is 9. The lowest BCUT2D eigenvalue weighted by Crippen LogP contribution is -2.39. The molecule has 0 amide bonds. The van der Waals surface area contributed by atoms with Crippen molar-refractivity contribution in [3.05, 3.63) is 37.6 Å². The van der Waals surface area contributed by atoms with E-state index < -0.39 is 31.5 Å². The van der Waals surface area contributed by atoms with Gasteiger partial charge in [0.1, 0.15) is 16.3 Å². The van der Waals surface area contributed by atoms with Gasteiger partial charge in [0.15, 0.2) is 5.75 Å². The summed E-state index contributed by atoms with van der Waals surface area (Å²) in [4.78, 5) is 27.9. The number of hydroxylamine groups is 1. The van der Waals surface area contributed by atoms with Gasteiger partial charge in [-0.2, -0.15) is 5.26 Å². The molecule has 12 heteroatoms. The Kier molecular flexibility index (Phi) is 6.86. The number of nitrogens with zero attached hydrogens (tertiary/aromatic N) is 2. The number of sulfonamides is 1. The van der Waals surface area contributed by atoms with Gasteiger partial charge in [0, 0.05) is 13.1 Å². The molecule has 0 aromatic heterocycles. The van der Waals surface area contributed by atoms with Gasteiger partial charge in [-0.3, -0.25) is 14.4 Å². The summed E-state index contributed by atoms with van der Waals surface area (Å²) in [6, 6.07) is 4.10. The molecular weight excluding hydrogens is 424 g/mol. The van der Waals surface area contributed by atoms with Gasteiger partial charge in [-0.05, 0) is 18.6 Å². The zero-order chi connectivity index (χ0) is 21.9. The molecule has 0 spiro atoms. The van der Waals surface area contributed by atoms with E-state index in [2.05, 4.69) is 15.5 Å². The molecule has 2 aromatic carbocycles. The minimum atomic E-state index is -4.30. The Bertz CT molecular complexity index is 1130. The van der Waals surface area contributed by atoms with Crippen LogP contribution in [0.5, 0.6) is 5.75 Å². The molecule has 0 saturated carbocycles. The van der Waals surface area contributed by atoms with Crippen molar-refractivity contribution < 1.29 is 18.4 Å². The Morgan fingerprint density at radius 3 is 2.48 bits per heavy atom. The Balaban J connectivity index is 2.47. The fourth-order valence-electron chi connectivity index (χ4n) is 2.51. The third kappa shape index (κ3) is 4.20. The second-order valence-electron chi connectivity index (χ2n) is 6.01. The molecule has 3 N–H and O–H groups in total. The number of phenolic OH excluding ortho intramolecular Hbond substituents is 1. The number of halogens is 1. The SMILES string of the molecule is CCC(CC#N)Nc1c(Nc2ccc(Cl)c(S(=O)(=O)N(C)OC)c2O)c(=O)c1=O. The zero-order valence-electron chi connectivity index (χ0n) is 15.8. The summed E-state index contributed by atoms with van der Waals surface area (Å²) in [6.07, 6.45) is 0.649. The van der Waals surface area contributed by atoms with Crippen LogP contribution >= 0.6 is 11.6 Å². The molecule has 29 heavy (non-hydrogen) atoms. The molecule has 0 fully saturated rings. The average Bonchev–Trinajstić information content (AvgIpc) is 2.69. The molecule has 10 nitrogen and oxygen atoms in total. The van der Waals surface area contributed by atoms with Gasteiger partial charge in [0.05, 0.1) is 30.3 Å². The monoisotopic (exact) mass is 442 g/mol. The van der Waals surface area contributed by atoms with Gasteiger partial charge in [-0.15, -0.1) is 0 Å². The molecule has 1 atom stereocenters. The van der Waals surface area contributed by atoms with E-state index in [-0.39, 0.29) is 34.5 Å². The summed E-state index contributed by atoms with van der Waals surface area (Å²) in [5, 5.41) is 24.5. The molecule has 0 bridgehead atoms. The van der Waals surface area contributed by atoms with E-state index in [1.54, 1.807) is 0 Å². The lowest BCUT2D eigenvalue weighted by Gasteiger charge is -2.21. The van der Waals surface area contributed by atoms with Crippen LogP contribution in [0.15, 0.2) is 26.6 Å². The van der Waals surface area contributed by atoms with Gasteiger partial charge < -0.3 is 15.7 Å². The maximum atomic E-state index is 12.5. The predicted molar refractivity (Wildman–Crippen MR) is 108 cm³/mol. The average molecular weight is 443 g/mol. The molecule has 2 aromatic rings. The van der Waals surface area contributed by atoms with Crippen LogP contribution in [-0.2, 0) is 14.9 Å². The van der Waals surface area contributed by atoms with Crippen LogP contribution in [0.2, 0.25) is 5.02 Å². The predicted octanol–water partition coefficient (Wildman–Crippen LogP) is 1.67. The van der Waals surface area contributed by atoms with Crippen molar-refractivity contribution in [1.29, 1.82) is 5.26 Å². The van der Waals surface area contributed by atoms with E-state index in [9.17, 15) is 23.1 Å². The summed E-state index contributed by atoms with van der Waals surface area (Å²) >= 11 is 5.95. The highest BCUT2D eigenvalue weighted by atomic mass is 35.5. The summed E-state index contributed by atoms with van der Waals surface area (Å²) < 4.78 is 25.5. The minimum Gasteiger partial charge on any atom is -0.504 e. The Morgan fingerprint density at radius 2 is 1.93 bits per heavy atom. The van der Waals surface area contributed by atoms with Gasteiger partial charge in [0.2, 0.25) is 0 Å². The number of hydrogen-bond donors (Lipinski definition) is 3. The van der Waals surface area contributed by atoms with Crippen molar-refractivity contribution in [2.24, 2.45) is 0 Å². The second kappa shape index (κ2) is 8.79. The van der Waals surface area contributed by atoms with E-state index in [0.29, 0.717) is 10.9 Å². The summed E-state index contributed by atoms with van der Waals surface area (Å²) in [7, 11) is -2.06. The van der Waals surface area contributed by atoms with Crippen LogP contribution in [0.25, 0.3) is 0 Å². The van der Waals surface area contributed by atoms with E-state index in [0.717, 1.165) is 14.2 Å². The van der Waals surface area contributed by atoms with Crippen LogP contribution in [0.1, 0.15) is 19.8 Å². The molecule has 0 radical (unpaired) electrons. The van der Waals surface area contributed by atoms with Crippen molar-refractivity contribution in [1.82, 2.24) is 4.47 Å². The van der Waals surface area contributed by atoms with Crippen molar-refractivity contribution >= 4 is 38.7 Å². The molecule has 0 aliphatic heterocycles. The zero-order valence-corrected chi connectivity index (χ0v) is 17.4. The largest absolute Gasteiger partial charge is 0.504 e. The van der Waals surface area contributed by atoms with E-state index >= 15 is 0 Å². The number of aromatic hydroxyl groups is 1. The molecule has 0 saturated heterocycles. The molecule has 0 aliphatic carbocycles. The van der Waals surface area contributed by atoms with Crippen LogP contribution < -0.4 is 21.5 Å². The lowest BCUT2D eigenvalue weighted by atomic mass is 10.1. The lowest BCUT2D eigenvalue weighted by molar-refractivity contribution is -0.0259. The smallest absolute Gasteiger partial charge is 0.269 e. The fourth-order valence-corrected chi connectivity index (χ4v) is 4.08. The van der Waals surface area contributed by atoms with Crippen LogP contribution in [0.3, 0.4) is 0 Å². The number of nitrogens with one attached hydrogen (secondary N) is 2. The Morgan fingerprint density at radius 1 is 1.31 bits per heavy atom. The van der Waals surface area contributed by atoms with Gasteiger partial charge in [-0.25, -0.2) is 8.42 Å². The number of phenols is 1. The van der Waals surface area contributed by atoms with Crippen LogP contribution in [0, 0.1) is 11.3 Å². The molecule has 0 aliphatic rings. The Hall–Kier alpha value is -2.65. The molecule has 1 unspecified atom stereocenters. The van der Waals surface area contributed by atoms with Crippen LogP contribution in [-0.4, -0.2) is 38.2 Å². The normalized spacial score (nSPS) is 12.7. The van der Waals surface area contributed by atoms with Gasteiger partial charge >= 0.3 is 0 Å². The van der Waals surface area contributed by atoms with Gasteiger partial charge in [-0.1, -0.05) is 23.0 Å². The first-order valence-corrected chi connectivity index (χ1v) is 10.2. The van der Waals surface area contributed by atoms with Crippen molar-refractivity contribution in [2.75, 3.05) is 24.8 Å². The highest BCUT2D eigenvalue weighted by Gasteiger charge is 2.30. The van der Waals surface area contributed by atoms with Gasteiger partial charge in [0.25, 0.3) is 20.9 Å². The van der Waals surface area contributed by atoms with Crippen LogP contribution in [0.4, 0.5) is 17.1 Å². The first-order valence-electron chi connectivity index (χ1n) is 8.38. The van der Waals surface area contributed by atoms with Crippen molar-refractivity contribution in [2.45, 2.75) is 30.7 Å². The fraction of sp³-hybridized carbons (Fsp3) is 0.353. The quantitative estimate of drug-likeness (QED) is 0.299. The summed E-state index contributed by atoms with van der Waals surface area (Å²) in [6.45, 7) is 1.81. The van der Waals surface area contributed by atoms with Crippen molar-refractivity contribution in [3.63, 3.8) is 0 Å². The number of nitriles is 1. The third-order valence-electron chi connectivity index (χ3n) is 4.29. The van der Waals surface area contributed by atoms with E-state index in [4.69, 9.17) is 16.9 Å². The van der Waals surface area contributed by atoms with E-state index in [1.165, 1.54) is 12.1 Å². The molecular formula is C17H19ClN4O6S. The highest BCUT2D eigenvalue weighted by Crippen LogP contribution is 2.39. The highest BCUT2D eigenvalue weighted by molar-refractivity contribution is 7.89. The second-order valence-corrected chi connectivity index (χ2v) is 8.29. The number of hydrogen-bond acceptors (Lipinski definition) is 9. The molecule has 0 heterocycles. The Labute approximate surface area is 172 Å². The standard InChI is InChI=1S/C17H19ClN4O6S/c1-4-9(7-8-19)20-12-13(16(25)15(12)24)21-11-6-5-10(18)17(14(11)23)29(26,27)22(2)28-3/h5-6,9,20-21,23H,4,7H2,1-3H3. The van der Waals surface area contributed by atoms with E-state index in [1.807, 2.05) is 13.0 Å². The summed E-state index contributed by atoms with van der Waals surface area (Å²) in [5.74, 6) is -0.746. The number of anilines is 3. The number of benzene rings is 1. The summed E-state index contributed by atoms with van der Waals surface area (Å²) in [5.41, 5.74) is -1.95. The topological polar surface area (TPSA) is 149 Å².